The van der Waals surface area contributed by atoms with E-state index in [1.54, 1.807) is 55.6 Å². The largest absolute Gasteiger partial charge is 0.492 e. The molecule has 0 radical (unpaired) electrons. The summed E-state index contributed by atoms with van der Waals surface area (Å²) < 4.78 is 7.21. The summed E-state index contributed by atoms with van der Waals surface area (Å²) in [6.07, 6.45) is 1.85. The number of amides is 4. The van der Waals surface area contributed by atoms with Gasteiger partial charge in [0.15, 0.2) is 5.82 Å². The van der Waals surface area contributed by atoms with Crippen molar-refractivity contribution in [2.75, 3.05) is 19.8 Å². The van der Waals surface area contributed by atoms with Crippen LogP contribution in [0.3, 0.4) is 0 Å². The first-order valence-corrected chi connectivity index (χ1v) is 15.9. The molecule has 3 aromatic carbocycles. The average molecular weight is 665 g/mol. The van der Waals surface area contributed by atoms with Crippen molar-refractivity contribution in [1.29, 1.82) is 0 Å². The minimum Gasteiger partial charge on any atom is -0.492 e. The van der Waals surface area contributed by atoms with Crippen molar-refractivity contribution in [3.63, 3.8) is 0 Å². The Labute approximate surface area is 281 Å². The molecule has 0 saturated carbocycles. The summed E-state index contributed by atoms with van der Waals surface area (Å²) in [5.74, 6) is -0.975. The predicted octanol–water partition coefficient (Wildman–Crippen LogP) is 1.63. The van der Waals surface area contributed by atoms with Gasteiger partial charge in [-0.05, 0) is 48.9 Å². The van der Waals surface area contributed by atoms with Crippen LogP contribution in [0.15, 0.2) is 85.1 Å². The molecule has 4 amide bonds. The molecule has 5 aromatic rings. The van der Waals surface area contributed by atoms with Gasteiger partial charge in [-0.2, -0.15) is 5.10 Å². The number of aromatic amines is 1. The van der Waals surface area contributed by atoms with Gasteiger partial charge in [0.1, 0.15) is 36.8 Å². The molecule has 0 unspecified atom stereocenters. The number of hydrogen-bond donors (Lipinski definition) is 6. The number of nitrogens with zero attached hydrogens (tertiary/aromatic N) is 3. The van der Waals surface area contributed by atoms with Crippen molar-refractivity contribution < 1.29 is 29.0 Å². The molecule has 2 aromatic heterocycles. The SMILES string of the molecule is C[C@@H]1NC(=O)[C@H](CO)NC(=O)[C@@H](NC(=O)c2ccc3[nH]ccc3c2)Cc2ccc(cc2)OCCNC(=O)Cn2nc(-c3ccccc3)nc21. The molecular formula is C35H36N8O6. The second-order valence-electron chi connectivity index (χ2n) is 11.6. The maximum Gasteiger partial charge on any atom is 0.251 e. The van der Waals surface area contributed by atoms with E-state index < -0.39 is 42.5 Å². The number of ether oxygens (including phenoxy) is 1. The number of carbonyl (C=O) groups is 4. The van der Waals surface area contributed by atoms with Crippen molar-refractivity contribution in [2.24, 2.45) is 0 Å². The third-order valence-electron chi connectivity index (χ3n) is 8.08. The fraction of sp³-hybridized carbons (Fsp3) is 0.257. The number of hydrogen-bond acceptors (Lipinski definition) is 8. The topological polar surface area (TPSA) is 192 Å². The van der Waals surface area contributed by atoms with Crippen LogP contribution in [0.5, 0.6) is 5.75 Å². The Morgan fingerprint density at radius 3 is 2.57 bits per heavy atom. The van der Waals surface area contributed by atoms with Crippen LogP contribution in [0.1, 0.15) is 34.7 Å². The Morgan fingerprint density at radius 1 is 1.00 bits per heavy atom. The Kier molecular flexibility index (Phi) is 9.95. The number of nitrogens with one attached hydrogen (secondary N) is 5. The van der Waals surface area contributed by atoms with Crippen LogP contribution < -0.4 is 26.0 Å². The quantitative estimate of drug-likeness (QED) is 0.167. The number of carbonyl (C=O) groups excluding carboxylic acids is 4. The number of aliphatic hydroxyl groups is 1. The van der Waals surface area contributed by atoms with E-state index >= 15 is 0 Å². The number of aliphatic hydroxyl groups excluding tert-OH is 1. The van der Waals surface area contributed by atoms with Crippen molar-refractivity contribution >= 4 is 34.5 Å². The molecule has 49 heavy (non-hydrogen) atoms. The van der Waals surface area contributed by atoms with Crippen molar-refractivity contribution in [3.8, 4) is 17.1 Å². The molecule has 0 spiro atoms. The van der Waals surface area contributed by atoms with Gasteiger partial charge < -0.3 is 36.1 Å². The summed E-state index contributed by atoms with van der Waals surface area (Å²) in [6.45, 7) is 1.19. The first-order valence-electron chi connectivity index (χ1n) is 15.9. The number of fused-ring (bicyclic) bond motifs is 15. The molecule has 14 nitrogen and oxygen atoms in total. The summed E-state index contributed by atoms with van der Waals surface area (Å²) in [6, 6.07) is 19.9. The van der Waals surface area contributed by atoms with Crippen molar-refractivity contribution in [3.05, 3.63) is 102 Å². The third kappa shape index (κ3) is 7.93. The molecule has 2 bridgehead atoms. The van der Waals surface area contributed by atoms with Crippen molar-refractivity contribution in [2.45, 2.75) is 38.0 Å². The second-order valence-corrected chi connectivity index (χ2v) is 11.6. The highest BCUT2D eigenvalue weighted by molar-refractivity contribution is 6.01. The predicted molar refractivity (Wildman–Crippen MR) is 179 cm³/mol. The summed E-state index contributed by atoms with van der Waals surface area (Å²) in [5.41, 5.74) is 2.64. The highest BCUT2D eigenvalue weighted by Gasteiger charge is 2.29. The second kappa shape index (κ2) is 14.8. The number of aromatic nitrogens is 4. The summed E-state index contributed by atoms with van der Waals surface area (Å²) in [5, 5.41) is 26.5. The highest BCUT2D eigenvalue weighted by atomic mass is 16.5. The van der Waals surface area contributed by atoms with Crippen molar-refractivity contribution in [1.82, 2.24) is 41.0 Å². The summed E-state index contributed by atoms with van der Waals surface area (Å²) in [7, 11) is 0. The van der Waals surface area contributed by atoms with Crippen LogP contribution in [0.25, 0.3) is 22.3 Å². The van der Waals surface area contributed by atoms with Crippen LogP contribution >= 0.6 is 0 Å². The van der Waals surface area contributed by atoms with Gasteiger partial charge in [-0.3, -0.25) is 19.2 Å². The normalized spacial score (nSPS) is 19.2. The zero-order chi connectivity index (χ0) is 34.3. The van der Waals surface area contributed by atoms with E-state index in [1.807, 2.05) is 36.4 Å². The van der Waals surface area contributed by atoms with E-state index in [2.05, 4.69) is 36.3 Å². The van der Waals surface area contributed by atoms with Gasteiger partial charge in [-0.15, -0.1) is 0 Å². The molecular weight excluding hydrogens is 628 g/mol. The molecule has 4 heterocycles. The number of H-pyrrole nitrogens is 1. The Hall–Kier alpha value is -6.02. The van der Waals surface area contributed by atoms with Gasteiger partial charge in [0, 0.05) is 34.6 Å². The minimum absolute atomic E-state index is 0.0852. The maximum absolute atomic E-state index is 13.7. The number of benzene rings is 3. The molecule has 2 aliphatic rings. The Balaban J connectivity index is 1.27. The Bertz CT molecular complexity index is 1960. The summed E-state index contributed by atoms with van der Waals surface area (Å²) in [4.78, 5) is 61.1. The zero-order valence-electron chi connectivity index (χ0n) is 26.7. The lowest BCUT2D eigenvalue weighted by molar-refractivity contribution is -0.131. The zero-order valence-corrected chi connectivity index (χ0v) is 26.7. The number of rotatable bonds is 4. The van der Waals surface area contributed by atoms with E-state index in [4.69, 9.17) is 4.74 Å². The maximum atomic E-state index is 13.7. The smallest absolute Gasteiger partial charge is 0.251 e. The van der Waals surface area contributed by atoms with E-state index in [1.165, 1.54) is 4.68 Å². The van der Waals surface area contributed by atoms with Crippen LogP contribution in [-0.4, -0.2) is 80.3 Å². The molecule has 6 N–H and O–H groups in total. The van der Waals surface area contributed by atoms with Crippen LogP contribution in [0, 0.1) is 0 Å². The lowest BCUT2D eigenvalue weighted by Crippen LogP contribution is -2.55. The fourth-order valence-corrected chi connectivity index (χ4v) is 5.50. The standard InChI is InChI=1S/C35H36N8O6/c1-21-32-41-31(23-5-3-2-4-6-23)42-43(32)19-30(45)37-15-16-49-26-10-7-22(8-11-26)17-28(34(47)40-29(20-44)35(48)38-21)39-33(46)25-9-12-27-24(18-25)13-14-36-27/h2-14,18,21,28-29,36,44H,15-17,19-20H2,1H3,(H,37,45)(H,38,48)(H,39,46)(H,40,47)/t21-,28-,29-/m0/s1. The molecule has 0 aliphatic carbocycles. The van der Waals surface area contributed by atoms with Crippen LogP contribution in [-0.2, 0) is 27.3 Å². The molecule has 2 aliphatic heterocycles. The highest BCUT2D eigenvalue weighted by Crippen LogP contribution is 2.20. The first-order chi connectivity index (χ1) is 23.8. The lowest BCUT2D eigenvalue weighted by Gasteiger charge is -2.24. The molecule has 0 saturated heterocycles. The van der Waals surface area contributed by atoms with E-state index in [9.17, 15) is 24.3 Å². The van der Waals surface area contributed by atoms with Gasteiger partial charge in [0.2, 0.25) is 17.7 Å². The van der Waals surface area contributed by atoms with E-state index in [0.29, 0.717) is 34.1 Å². The fourth-order valence-electron chi connectivity index (χ4n) is 5.50. The van der Waals surface area contributed by atoms with Crippen LogP contribution in [0.4, 0.5) is 0 Å². The van der Waals surface area contributed by atoms with Gasteiger partial charge in [-0.25, -0.2) is 9.67 Å². The van der Waals surface area contributed by atoms with Crippen LogP contribution in [0.2, 0.25) is 0 Å². The molecule has 252 valence electrons. The molecule has 14 heteroatoms. The molecule has 3 atom stereocenters. The monoisotopic (exact) mass is 664 g/mol. The summed E-state index contributed by atoms with van der Waals surface area (Å²) >= 11 is 0. The molecule has 0 fully saturated rings. The Morgan fingerprint density at radius 2 is 1.80 bits per heavy atom. The first kappa shape index (κ1) is 32.9. The molecule has 7 rings (SSSR count). The lowest BCUT2D eigenvalue weighted by atomic mass is 10.0. The van der Waals surface area contributed by atoms with Gasteiger partial charge in [-0.1, -0.05) is 42.5 Å². The van der Waals surface area contributed by atoms with Gasteiger partial charge in [0.25, 0.3) is 5.91 Å². The van der Waals surface area contributed by atoms with Gasteiger partial charge >= 0.3 is 0 Å². The average Bonchev–Trinajstić information content (AvgIpc) is 3.76. The minimum atomic E-state index is -1.36. The van der Waals surface area contributed by atoms with Gasteiger partial charge in [0.05, 0.1) is 19.2 Å². The van der Waals surface area contributed by atoms with E-state index in [0.717, 1.165) is 10.9 Å². The van der Waals surface area contributed by atoms with E-state index in [-0.39, 0.29) is 32.0 Å². The third-order valence-corrected chi connectivity index (χ3v) is 8.08.